The Labute approximate surface area is 131 Å². The highest BCUT2D eigenvalue weighted by Gasteiger charge is 2.35. The predicted molar refractivity (Wildman–Crippen MR) is 81.1 cm³/mol. The molecular formula is C15H26N4O3. The van der Waals surface area contributed by atoms with Gasteiger partial charge < -0.3 is 19.9 Å². The van der Waals surface area contributed by atoms with Gasteiger partial charge in [0.25, 0.3) is 0 Å². The molecule has 0 saturated heterocycles. The number of amides is 2. The van der Waals surface area contributed by atoms with Crippen molar-refractivity contribution in [2.45, 2.75) is 65.6 Å². The lowest BCUT2D eigenvalue weighted by atomic mass is 9.87. The minimum absolute atomic E-state index is 0.155. The summed E-state index contributed by atoms with van der Waals surface area (Å²) in [7, 11) is 0. The van der Waals surface area contributed by atoms with Crippen molar-refractivity contribution in [2.75, 3.05) is 6.61 Å². The van der Waals surface area contributed by atoms with E-state index in [2.05, 4.69) is 34.6 Å². The quantitative estimate of drug-likeness (QED) is 0.843. The van der Waals surface area contributed by atoms with Crippen molar-refractivity contribution in [3.8, 4) is 0 Å². The number of aromatic nitrogens is 2. The predicted octanol–water partition coefficient (Wildman–Crippen LogP) is 2.55. The van der Waals surface area contributed by atoms with Crippen LogP contribution in [0.2, 0.25) is 0 Å². The number of nitrogens with one attached hydrogen (secondary N) is 2. The first-order valence-corrected chi connectivity index (χ1v) is 7.91. The standard InChI is InChI=1S/C15H26N4O3/c1-5-21-10(2)13-18-12(22-19-13)9-16-14(20)17-11-7-6-8-15(11,3)4/h10-11H,5-9H2,1-4H3,(H2,16,17,20)/t10-,11+/m0/s1. The summed E-state index contributed by atoms with van der Waals surface area (Å²) in [6, 6.07) is 0.0151. The van der Waals surface area contributed by atoms with Crippen molar-refractivity contribution in [1.29, 1.82) is 0 Å². The summed E-state index contributed by atoms with van der Waals surface area (Å²) in [6.07, 6.45) is 3.10. The van der Waals surface area contributed by atoms with Gasteiger partial charge in [-0.05, 0) is 32.1 Å². The Kier molecular flexibility index (Phi) is 5.39. The van der Waals surface area contributed by atoms with Crippen molar-refractivity contribution < 1.29 is 14.1 Å². The van der Waals surface area contributed by atoms with Crippen LogP contribution in [-0.4, -0.2) is 28.8 Å². The van der Waals surface area contributed by atoms with Crippen LogP contribution in [0.1, 0.15) is 64.8 Å². The maximum atomic E-state index is 12.0. The highest BCUT2D eigenvalue weighted by atomic mass is 16.5. The minimum Gasteiger partial charge on any atom is -0.371 e. The number of rotatable bonds is 6. The summed E-state index contributed by atoms with van der Waals surface area (Å²) in [5.74, 6) is 0.873. The fraction of sp³-hybridized carbons (Fsp3) is 0.800. The van der Waals surface area contributed by atoms with Crippen LogP contribution in [0, 0.1) is 5.41 Å². The Bertz CT molecular complexity index is 501. The molecule has 1 aliphatic carbocycles. The molecule has 0 unspecified atom stereocenters. The van der Waals surface area contributed by atoms with Gasteiger partial charge in [0, 0.05) is 12.6 Å². The summed E-state index contributed by atoms with van der Waals surface area (Å²) in [4.78, 5) is 16.2. The highest BCUT2D eigenvalue weighted by molar-refractivity contribution is 5.74. The van der Waals surface area contributed by atoms with E-state index >= 15 is 0 Å². The zero-order valence-electron chi connectivity index (χ0n) is 13.8. The van der Waals surface area contributed by atoms with Crippen LogP contribution in [0.15, 0.2) is 4.52 Å². The monoisotopic (exact) mass is 310 g/mol. The van der Waals surface area contributed by atoms with E-state index in [0.717, 1.165) is 19.3 Å². The van der Waals surface area contributed by atoms with Gasteiger partial charge in [-0.25, -0.2) is 4.79 Å². The molecule has 7 nitrogen and oxygen atoms in total. The van der Waals surface area contributed by atoms with Crippen LogP contribution in [0.5, 0.6) is 0 Å². The Hall–Kier alpha value is -1.63. The molecule has 2 rings (SSSR count). The second kappa shape index (κ2) is 7.09. The summed E-state index contributed by atoms with van der Waals surface area (Å²) in [5.41, 5.74) is 0.155. The molecule has 0 radical (unpaired) electrons. The van der Waals surface area contributed by atoms with Gasteiger partial charge in [0.2, 0.25) is 5.89 Å². The number of ether oxygens (including phenoxy) is 1. The molecule has 0 bridgehead atoms. The van der Waals surface area contributed by atoms with Crippen LogP contribution in [0.25, 0.3) is 0 Å². The fourth-order valence-electron chi connectivity index (χ4n) is 2.79. The second-order valence-corrected chi connectivity index (χ2v) is 6.40. The van der Waals surface area contributed by atoms with Crippen molar-refractivity contribution in [1.82, 2.24) is 20.8 Å². The SMILES string of the molecule is CCO[C@@H](C)c1noc(CNC(=O)N[C@@H]2CCCC2(C)C)n1. The zero-order chi connectivity index (χ0) is 16.2. The van der Waals surface area contributed by atoms with Gasteiger partial charge in [-0.3, -0.25) is 0 Å². The molecule has 1 aliphatic rings. The van der Waals surface area contributed by atoms with Crippen molar-refractivity contribution in [3.63, 3.8) is 0 Å². The molecular weight excluding hydrogens is 284 g/mol. The second-order valence-electron chi connectivity index (χ2n) is 6.40. The Morgan fingerprint density at radius 1 is 1.55 bits per heavy atom. The van der Waals surface area contributed by atoms with Gasteiger partial charge in [-0.15, -0.1) is 0 Å². The molecule has 22 heavy (non-hydrogen) atoms. The third-order valence-electron chi connectivity index (χ3n) is 4.23. The summed E-state index contributed by atoms with van der Waals surface area (Å²) >= 11 is 0. The molecule has 0 aromatic carbocycles. The number of hydrogen-bond donors (Lipinski definition) is 2. The largest absolute Gasteiger partial charge is 0.371 e. The molecule has 2 N–H and O–H groups in total. The van der Waals surface area contributed by atoms with Crippen LogP contribution in [-0.2, 0) is 11.3 Å². The number of urea groups is 1. The molecule has 2 atom stereocenters. The van der Waals surface area contributed by atoms with Crippen molar-refractivity contribution in [2.24, 2.45) is 5.41 Å². The van der Waals surface area contributed by atoms with Gasteiger partial charge >= 0.3 is 6.03 Å². The first-order chi connectivity index (χ1) is 10.4. The lowest BCUT2D eigenvalue weighted by Crippen LogP contribution is -2.46. The third kappa shape index (κ3) is 4.19. The highest BCUT2D eigenvalue weighted by Crippen LogP contribution is 2.37. The normalized spacial score (nSPS) is 21.5. The smallest absolute Gasteiger partial charge is 0.315 e. The summed E-state index contributed by atoms with van der Waals surface area (Å²) in [6.45, 7) is 8.94. The average molecular weight is 310 g/mol. The number of carbonyl (C=O) groups excluding carboxylic acids is 1. The maximum Gasteiger partial charge on any atom is 0.315 e. The molecule has 0 aliphatic heterocycles. The molecule has 1 aromatic heterocycles. The van der Waals surface area contributed by atoms with E-state index in [9.17, 15) is 4.79 Å². The minimum atomic E-state index is -0.212. The van der Waals surface area contributed by atoms with E-state index < -0.39 is 0 Å². The Morgan fingerprint density at radius 3 is 2.95 bits per heavy atom. The molecule has 1 saturated carbocycles. The van der Waals surface area contributed by atoms with E-state index in [1.165, 1.54) is 0 Å². The zero-order valence-corrected chi connectivity index (χ0v) is 13.8. The first kappa shape index (κ1) is 16.7. The summed E-state index contributed by atoms with van der Waals surface area (Å²) in [5, 5.41) is 9.64. The van der Waals surface area contributed by atoms with Crippen molar-refractivity contribution >= 4 is 6.03 Å². The lowest BCUT2D eigenvalue weighted by Gasteiger charge is -2.27. The molecule has 2 amide bonds. The van der Waals surface area contributed by atoms with E-state index in [1.807, 2.05) is 13.8 Å². The summed E-state index contributed by atoms with van der Waals surface area (Å²) < 4.78 is 10.5. The fourth-order valence-corrected chi connectivity index (χ4v) is 2.79. The number of nitrogens with zero attached hydrogens (tertiary/aromatic N) is 2. The molecule has 1 aromatic rings. The van der Waals surface area contributed by atoms with Gasteiger partial charge in [0.1, 0.15) is 6.10 Å². The van der Waals surface area contributed by atoms with Gasteiger partial charge in [-0.1, -0.05) is 25.4 Å². The Balaban J connectivity index is 1.79. The van der Waals surface area contributed by atoms with E-state index in [0.29, 0.717) is 18.3 Å². The van der Waals surface area contributed by atoms with Crippen LogP contribution < -0.4 is 10.6 Å². The molecule has 7 heteroatoms. The van der Waals surface area contributed by atoms with Gasteiger partial charge in [-0.2, -0.15) is 4.98 Å². The third-order valence-corrected chi connectivity index (χ3v) is 4.23. The topological polar surface area (TPSA) is 89.3 Å². The number of hydrogen-bond acceptors (Lipinski definition) is 5. The van der Waals surface area contributed by atoms with E-state index in [4.69, 9.17) is 9.26 Å². The maximum absolute atomic E-state index is 12.0. The Morgan fingerprint density at radius 2 is 2.32 bits per heavy atom. The molecule has 1 heterocycles. The van der Waals surface area contributed by atoms with Crippen molar-refractivity contribution in [3.05, 3.63) is 11.7 Å². The van der Waals surface area contributed by atoms with Gasteiger partial charge in [0.15, 0.2) is 5.82 Å². The van der Waals surface area contributed by atoms with Crippen LogP contribution >= 0.6 is 0 Å². The molecule has 1 fully saturated rings. The van der Waals surface area contributed by atoms with E-state index in [-0.39, 0.29) is 30.1 Å². The first-order valence-electron chi connectivity index (χ1n) is 7.91. The molecule has 0 spiro atoms. The number of carbonyl (C=O) groups is 1. The van der Waals surface area contributed by atoms with Crippen LogP contribution in [0.3, 0.4) is 0 Å². The van der Waals surface area contributed by atoms with Gasteiger partial charge in [0.05, 0.1) is 6.54 Å². The van der Waals surface area contributed by atoms with E-state index in [1.54, 1.807) is 0 Å². The average Bonchev–Trinajstić information content (AvgIpc) is 3.04. The lowest BCUT2D eigenvalue weighted by molar-refractivity contribution is 0.0683. The van der Waals surface area contributed by atoms with Crippen LogP contribution in [0.4, 0.5) is 4.79 Å². The molecule has 124 valence electrons.